The first-order valence-electron chi connectivity index (χ1n) is 10.3. The lowest BCUT2D eigenvalue weighted by atomic mass is 9.78. The summed E-state index contributed by atoms with van der Waals surface area (Å²) in [6, 6.07) is 6.13. The highest BCUT2D eigenvalue weighted by Gasteiger charge is 2.47. The largest absolute Gasteiger partial charge is 0.496 e. The minimum Gasteiger partial charge on any atom is -0.496 e. The number of hydrogen-bond donors (Lipinski definition) is 0. The zero-order valence-corrected chi connectivity index (χ0v) is 19.8. The number of ketones is 1. The Bertz CT molecular complexity index is 806. The number of carbonyl (C=O) groups excluding carboxylic acids is 1. The van der Waals surface area contributed by atoms with E-state index in [1.54, 1.807) is 14.2 Å². The van der Waals surface area contributed by atoms with Gasteiger partial charge in [-0.25, -0.2) is 0 Å². The van der Waals surface area contributed by atoms with Gasteiger partial charge in [-0.15, -0.1) is 0 Å². The molecule has 29 heavy (non-hydrogen) atoms. The molecule has 0 bridgehead atoms. The molecular formula is C23H34O5Si. The van der Waals surface area contributed by atoms with Crippen molar-refractivity contribution in [1.29, 1.82) is 0 Å². The van der Waals surface area contributed by atoms with E-state index in [2.05, 4.69) is 39.9 Å². The van der Waals surface area contributed by atoms with E-state index in [0.29, 0.717) is 6.42 Å². The number of carbonyl (C=O) groups is 1. The fourth-order valence-electron chi connectivity index (χ4n) is 4.06. The summed E-state index contributed by atoms with van der Waals surface area (Å²) in [6.45, 7) is 11.7. The van der Waals surface area contributed by atoms with E-state index in [1.807, 2.05) is 12.1 Å². The van der Waals surface area contributed by atoms with Crippen molar-refractivity contribution in [3.63, 3.8) is 0 Å². The summed E-state index contributed by atoms with van der Waals surface area (Å²) in [5.41, 5.74) is 4.17. The summed E-state index contributed by atoms with van der Waals surface area (Å²) >= 11 is 0. The molecule has 0 saturated heterocycles. The van der Waals surface area contributed by atoms with Crippen LogP contribution in [-0.2, 0) is 25.1 Å². The highest BCUT2D eigenvalue weighted by molar-refractivity contribution is 6.74. The number of methoxy groups -OCH3 is 2. The Morgan fingerprint density at radius 3 is 2.48 bits per heavy atom. The molecule has 5 nitrogen and oxygen atoms in total. The van der Waals surface area contributed by atoms with Crippen molar-refractivity contribution in [3.8, 4) is 5.75 Å². The lowest BCUT2D eigenvalue weighted by Gasteiger charge is -2.43. The standard InChI is InChI=1S/C23H34O5Si/c1-23(2,3)29(6,7)28-22-16-9-8-10-20(26-5)17(16)11-15-12-19(24)18(21(15)22)13-27-14-25-4/h8-10,15,22H,11-14H2,1-7H3/t15-,22+/m0/s1. The molecule has 0 spiro atoms. The van der Waals surface area contributed by atoms with Crippen LogP contribution < -0.4 is 4.74 Å². The number of rotatable bonds is 7. The van der Waals surface area contributed by atoms with Crippen LogP contribution in [0.3, 0.4) is 0 Å². The van der Waals surface area contributed by atoms with E-state index in [9.17, 15) is 4.79 Å². The van der Waals surface area contributed by atoms with Gasteiger partial charge in [0.2, 0.25) is 0 Å². The van der Waals surface area contributed by atoms with Gasteiger partial charge in [-0.3, -0.25) is 4.79 Å². The van der Waals surface area contributed by atoms with Gasteiger partial charge in [-0.2, -0.15) is 0 Å². The molecule has 160 valence electrons. The summed E-state index contributed by atoms with van der Waals surface area (Å²) in [7, 11) is 1.20. The predicted octanol–water partition coefficient (Wildman–Crippen LogP) is 4.82. The molecule has 1 aromatic rings. The molecule has 1 aromatic carbocycles. The second-order valence-corrected chi connectivity index (χ2v) is 14.3. The minimum absolute atomic E-state index is 0.0643. The lowest BCUT2D eigenvalue weighted by Crippen LogP contribution is -2.43. The number of benzene rings is 1. The van der Waals surface area contributed by atoms with Crippen LogP contribution in [-0.4, -0.2) is 41.7 Å². The van der Waals surface area contributed by atoms with Gasteiger partial charge in [0.25, 0.3) is 0 Å². The first kappa shape index (κ1) is 22.2. The van der Waals surface area contributed by atoms with Crippen LogP contribution in [0.4, 0.5) is 0 Å². The van der Waals surface area contributed by atoms with Crippen molar-refractivity contribution in [2.75, 3.05) is 27.6 Å². The average Bonchev–Trinajstić information content (AvgIpc) is 2.95. The Hall–Kier alpha value is -1.47. The second kappa shape index (κ2) is 8.34. The van der Waals surface area contributed by atoms with Gasteiger partial charge in [0.05, 0.1) is 19.8 Å². The van der Waals surface area contributed by atoms with Crippen LogP contribution in [0.5, 0.6) is 5.75 Å². The zero-order chi connectivity index (χ0) is 21.4. The van der Waals surface area contributed by atoms with Crippen molar-refractivity contribution in [2.24, 2.45) is 5.92 Å². The van der Waals surface area contributed by atoms with Crippen LogP contribution in [0.25, 0.3) is 0 Å². The van der Waals surface area contributed by atoms with E-state index in [0.717, 1.165) is 28.9 Å². The molecule has 0 fully saturated rings. The van der Waals surface area contributed by atoms with Crippen molar-refractivity contribution >= 4 is 14.1 Å². The third-order valence-electron chi connectivity index (χ3n) is 6.63. The Labute approximate surface area is 175 Å². The van der Waals surface area contributed by atoms with Crippen LogP contribution in [0.1, 0.15) is 44.4 Å². The molecule has 2 aliphatic carbocycles. The van der Waals surface area contributed by atoms with E-state index in [4.69, 9.17) is 18.6 Å². The molecule has 0 N–H and O–H groups in total. The van der Waals surface area contributed by atoms with Gasteiger partial charge in [0.1, 0.15) is 12.5 Å². The molecule has 2 aliphatic rings. The Kier molecular flexibility index (Phi) is 6.39. The molecule has 0 aliphatic heterocycles. The third-order valence-corrected chi connectivity index (χ3v) is 11.1. The van der Waals surface area contributed by atoms with Crippen molar-refractivity contribution in [3.05, 3.63) is 40.5 Å². The smallest absolute Gasteiger partial charge is 0.193 e. The average molecular weight is 419 g/mol. The van der Waals surface area contributed by atoms with Crippen LogP contribution in [0.15, 0.2) is 29.3 Å². The summed E-state index contributed by atoms with van der Waals surface area (Å²) in [6.07, 6.45) is 1.08. The summed E-state index contributed by atoms with van der Waals surface area (Å²) < 4.78 is 23.2. The second-order valence-electron chi connectivity index (χ2n) is 9.50. The van der Waals surface area contributed by atoms with Crippen LogP contribution >= 0.6 is 0 Å². The molecule has 0 unspecified atom stereocenters. The van der Waals surface area contributed by atoms with Gasteiger partial charge in [-0.05, 0) is 47.7 Å². The molecule has 0 heterocycles. The maximum atomic E-state index is 12.9. The maximum absolute atomic E-state index is 12.9. The first-order chi connectivity index (χ1) is 13.6. The van der Waals surface area contributed by atoms with Crippen molar-refractivity contribution < 1.29 is 23.4 Å². The Morgan fingerprint density at radius 1 is 1.14 bits per heavy atom. The quantitative estimate of drug-likeness (QED) is 0.361. The summed E-state index contributed by atoms with van der Waals surface area (Å²) in [4.78, 5) is 12.9. The van der Waals surface area contributed by atoms with Gasteiger partial charge >= 0.3 is 0 Å². The Morgan fingerprint density at radius 2 is 1.86 bits per heavy atom. The monoisotopic (exact) mass is 418 g/mol. The van der Waals surface area contributed by atoms with Gasteiger partial charge in [0, 0.05) is 24.7 Å². The summed E-state index contributed by atoms with van der Waals surface area (Å²) in [5.74, 6) is 1.18. The molecule has 0 saturated carbocycles. The fraction of sp³-hybridized carbons (Fsp3) is 0.609. The number of fused-ring (bicyclic) bond motifs is 2. The Balaban J connectivity index is 2.11. The molecule has 0 amide bonds. The molecule has 0 aromatic heterocycles. The third kappa shape index (κ3) is 4.22. The van der Waals surface area contributed by atoms with E-state index >= 15 is 0 Å². The van der Waals surface area contributed by atoms with Crippen LogP contribution in [0.2, 0.25) is 18.1 Å². The molecule has 2 atom stereocenters. The molecule has 3 rings (SSSR count). The number of ether oxygens (including phenoxy) is 3. The normalized spacial score (nSPS) is 22.0. The predicted molar refractivity (Wildman–Crippen MR) is 116 cm³/mol. The van der Waals surface area contributed by atoms with E-state index < -0.39 is 8.32 Å². The molecular weight excluding hydrogens is 384 g/mol. The van der Waals surface area contributed by atoms with Crippen LogP contribution in [0, 0.1) is 5.92 Å². The summed E-state index contributed by atoms with van der Waals surface area (Å²) in [5, 5.41) is 0.0643. The maximum Gasteiger partial charge on any atom is 0.193 e. The van der Waals surface area contributed by atoms with E-state index in [-0.39, 0.29) is 36.2 Å². The van der Waals surface area contributed by atoms with Crippen molar-refractivity contribution in [2.45, 2.75) is 57.8 Å². The van der Waals surface area contributed by atoms with Gasteiger partial charge in [0.15, 0.2) is 14.1 Å². The van der Waals surface area contributed by atoms with Gasteiger partial charge in [-0.1, -0.05) is 32.9 Å². The fourth-order valence-corrected chi connectivity index (χ4v) is 5.26. The number of hydrogen-bond acceptors (Lipinski definition) is 5. The topological polar surface area (TPSA) is 54.0 Å². The SMILES string of the molecule is COCOCC1=C2[C@H](CC1=O)Cc1c(OC)cccc1[C@H]2O[Si](C)(C)C(C)(C)C. The molecule has 0 radical (unpaired) electrons. The van der Waals surface area contributed by atoms with Crippen molar-refractivity contribution in [1.82, 2.24) is 0 Å². The molecule has 6 heteroatoms. The minimum atomic E-state index is -2.09. The number of Topliss-reactive ketones (excluding diaryl/α,β-unsaturated/α-hetero) is 1. The highest BCUT2D eigenvalue weighted by Crippen LogP contribution is 2.52. The first-order valence-corrected chi connectivity index (χ1v) is 13.2. The van der Waals surface area contributed by atoms with Gasteiger partial charge < -0.3 is 18.6 Å². The highest BCUT2D eigenvalue weighted by atomic mass is 28.4. The zero-order valence-electron chi connectivity index (χ0n) is 18.8. The van der Waals surface area contributed by atoms with E-state index in [1.165, 1.54) is 5.56 Å². The lowest BCUT2D eigenvalue weighted by molar-refractivity contribution is -0.116.